The van der Waals surface area contributed by atoms with Crippen molar-refractivity contribution in [1.82, 2.24) is 4.98 Å². The van der Waals surface area contributed by atoms with E-state index < -0.39 is 23.7 Å². The molecule has 3 amide bonds. The van der Waals surface area contributed by atoms with Crippen LogP contribution in [0.15, 0.2) is 53.9 Å². The Labute approximate surface area is 187 Å². The van der Waals surface area contributed by atoms with Crippen LogP contribution in [0.2, 0.25) is 0 Å². The SMILES string of the molecule is CCCCOC(=O)c1ccc(NC(=O)c2csc(NC(=O)Nc3ccc(F)cc3)n2)cc1. The van der Waals surface area contributed by atoms with Gasteiger partial charge >= 0.3 is 12.0 Å². The van der Waals surface area contributed by atoms with Crippen molar-refractivity contribution in [3.63, 3.8) is 0 Å². The molecule has 0 spiro atoms. The number of carbonyl (C=O) groups is 3. The monoisotopic (exact) mass is 456 g/mol. The van der Waals surface area contributed by atoms with Gasteiger partial charge in [0, 0.05) is 16.8 Å². The van der Waals surface area contributed by atoms with E-state index in [0.29, 0.717) is 23.5 Å². The van der Waals surface area contributed by atoms with Crippen molar-refractivity contribution in [2.24, 2.45) is 0 Å². The van der Waals surface area contributed by atoms with E-state index in [-0.39, 0.29) is 10.8 Å². The van der Waals surface area contributed by atoms with Crippen LogP contribution in [0.25, 0.3) is 0 Å². The van der Waals surface area contributed by atoms with Crippen LogP contribution >= 0.6 is 11.3 Å². The van der Waals surface area contributed by atoms with E-state index in [1.165, 1.54) is 29.6 Å². The number of ether oxygens (including phenoxy) is 1. The number of amides is 3. The van der Waals surface area contributed by atoms with E-state index in [9.17, 15) is 18.8 Å². The number of hydrogen-bond acceptors (Lipinski definition) is 6. The Kier molecular flexibility index (Phi) is 7.87. The van der Waals surface area contributed by atoms with Gasteiger partial charge in [0.05, 0.1) is 12.2 Å². The zero-order chi connectivity index (χ0) is 22.9. The Morgan fingerprint density at radius 2 is 1.62 bits per heavy atom. The second kappa shape index (κ2) is 11.0. The lowest BCUT2D eigenvalue weighted by Crippen LogP contribution is -2.19. The van der Waals surface area contributed by atoms with E-state index in [1.54, 1.807) is 24.3 Å². The molecule has 1 aromatic heterocycles. The predicted octanol–water partition coefficient (Wildman–Crippen LogP) is 5.14. The highest BCUT2D eigenvalue weighted by molar-refractivity contribution is 7.14. The number of thiazole rings is 1. The van der Waals surface area contributed by atoms with Crippen LogP contribution in [-0.4, -0.2) is 29.5 Å². The largest absolute Gasteiger partial charge is 0.462 e. The van der Waals surface area contributed by atoms with Gasteiger partial charge in [-0.3, -0.25) is 10.1 Å². The average molecular weight is 456 g/mol. The van der Waals surface area contributed by atoms with Crippen molar-refractivity contribution in [3.05, 3.63) is 71.0 Å². The van der Waals surface area contributed by atoms with Gasteiger partial charge in [0.1, 0.15) is 11.5 Å². The molecule has 0 bridgehead atoms. The van der Waals surface area contributed by atoms with Gasteiger partial charge in [0.15, 0.2) is 5.13 Å². The summed E-state index contributed by atoms with van der Waals surface area (Å²) in [5.41, 5.74) is 1.41. The van der Waals surface area contributed by atoms with Crippen molar-refractivity contribution in [2.75, 3.05) is 22.6 Å². The Hall–Kier alpha value is -3.79. The molecule has 0 aliphatic rings. The zero-order valence-electron chi connectivity index (χ0n) is 17.2. The first kappa shape index (κ1) is 22.9. The number of nitrogens with one attached hydrogen (secondary N) is 3. The number of unbranched alkanes of at least 4 members (excludes halogenated alkanes) is 1. The molecule has 3 aromatic rings. The van der Waals surface area contributed by atoms with E-state index in [2.05, 4.69) is 20.9 Å². The van der Waals surface area contributed by atoms with Crippen molar-refractivity contribution in [3.8, 4) is 0 Å². The molecule has 8 nitrogen and oxygen atoms in total. The standard InChI is InChI=1S/C22H21FN4O4S/c1-2-3-12-31-20(29)14-4-8-16(9-5-14)24-19(28)18-13-32-22(26-18)27-21(30)25-17-10-6-15(23)7-11-17/h4-11,13H,2-3,12H2,1H3,(H,24,28)(H2,25,26,27,30). The molecule has 0 atom stereocenters. The van der Waals surface area contributed by atoms with Crippen molar-refractivity contribution >= 4 is 45.8 Å². The molecular formula is C22H21FN4O4S. The minimum Gasteiger partial charge on any atom is -0.462 e. The van der Waals surface area contributed by atoms with E-state index in [4.69, 9.17) is 4.74 Å². The second-order valence-electron chi connectivity index (χ2n) is 6.64. The average Bonchev–Trinajstić information content (AvgIpc) is 3.24. The summed E-state index contributed by atoms with van der Waals surface area (Å²) in [7, 11) is 0. The van der Waals surface area contributed by atoms with E-state index in [1.807, 2.05) is 6.92 Å². The quantitative estimate of drug-likeness (QED) is 0.321. The summed E-state index contributed by atoms with van der Waals surface area (Å²) in [6.45, 7) is 2.38. The summed E-state index contributed by atoms with van der Waals surface area (Å²) >= 11 is 1.08. The predicted molar refractivity (Wildman–Crippen MR) is 121 cm³/mol. The molecule has 10 heteroatoms. The smallest absolute Gasteiger partial charge is 0.338 e. The first-order valence-electron chi connectivity index (χ1n) is 9.82. The molecule has 32 heavy (non-hydrogen) atoms. The van der Waals surface area contributed by atoms with Crippen LogP contribution in [0.1, 0.15) is 40.6 Å². The number of aromatic nitrogens is 1. The summed E-state index contributed by atoms with van der Waals surface area (Å²) < 4.78 is 18.1. The molecule has 0 fully saturated rings. The Morgan fingerprint density at radius 3 is 2.31 bits per heavy atom. The molecule has 166 valence electrons. The molecule has 0 saturated heterocycles. The Bertz CT molecular complexity index is 1080. The van der Waals surface area contributed by atoms with E-state index in [0.717, 1.165) is 24.2 Å². The molecule has 0 aliphatic carbocycles. The lowest BCUT2D eigenvalue weighted by atomic mass is 10.2. The van der Waals surface area contributed by atoms with Gasteiger partial charge in [-0.15, -0.1) is 11.3 Å². The number of rotatable bonds is 8. The van der Waals surface area contributed by atoms with Crippen LogP contribution in [-0.2, 0) is 4.74 Å². The van der Waals surface area contributed by atoms with Crippen LogP contribution in [0.5, 0.6) is 0 Å². The van der Waals surface area contributed by atoms with Crippen LogP contribution < -0.4 is 16.0 Å². The topological polar surface area (TPSA) is 109 Å². The molecule has 2 aromatic carbocycles. The summed E-state index contributed by atoms with van der Waals surface area (Å²) in [6, 6.07) is 11.0. The maximum Gasteiger partial charge on any atom is 0.338 e. The van der Waals surface area contributed by atoms with Gasteiger partial charge in [-0.2, -0.15) is 0 Å². The third-order valence-corrected chi connectivity index (χ3v) is 4.93. The van der Waals surface area contributed by atoms with Gasteiger partial charge in [-0.1, -0.05) is 13.3 Å². The highest BCUT2D eigenvalue weighted by Crippen LogP contribution is 2.18. The Morgan fingerprint density at radius 1 is 0.969 bits per heavy atom. The number of nitrogens with zero attached hydrogens (tertiary/aromatic N) is 1. The van der Waals surface area contributed by atoms with Crippen molar-refractivity contribution in [2.45, 2.75) is 19.8 Å². The maximum atomic E-state index is 12.9. The molecule has 0 unspecified atom stereocenters. The molecule has 0 saturated carbocycles. The third kappa shape index (κ3) is 6.61. The number of urea groups is 1. The first-order chi connectivity index (χ1) is 15.4. The molecular weight excluding hydrogens is 435 g/mol. The van der Waals surface area contributed by atoms with Crippen LogP contribution in [0.3, 0.4) is 0 Å². The lowest BCUT2D eigenvalue weighted by Gasteiger charge is -2.06. The summed E-state index contributed by atoms with van der Waals surface area (Å²) in [5, 5.41) is 9.46. The normalized spacial score (nSPS) is 10.3. The van der Waals surface area contributed by atoms with Gasteiger partial charge in [-0.05, 0) is 55.0 Å². The summed E-state index contributed by atoms with van der Waals surface area (Å²) in [6.07, 6.45) is 1.74. The van der Waals surface area contributed by atoms with Crippen molar-refractivity contribution in [1.29, 1.82) is 0 Å². The van der Waals surface area contributed by atoms with Crippen LogP contribution in [0, 0.1) is 5.82 Å². The van der Waals surface area contributed by atoms with Gasteiger partial charge in [0.25, 0.3) is 5.91 Å². The fourth-order valence-electron chi connectivity index (χ4n) is 2.51. The fourth-order valence-corrected chi connectivity index (χ4v) is 3.19. The van der Waals surface area contributed by atoms with Gasteiger partial charge < -0.3 is 15.4 Å². The van der Waals surface area contributed by atoms with Gasteiger partial charge in [0.2, 0.25) is 0 Å². The van der Waals surface area contributed by atoms with Crippen molar-refractivity contribution < 1.29 is 23.5 Å². The number of halogens is 1. The zero-order valence-corrected chi connectivity index (χ0v) is 18.0. The molecule has 3 N–H and O–H groups in total. The van der Waals surface area contributed by atoms with E-state index >= 15 is 0 Å². The molecule has 1 heterocycles. The first-order valence-corrected chi connectivity index (χ1v) is 10.7. The highest BCUT2D eigenvalue weighted by atomic mass is 32.1. The summed E-state index contributed by atoms with van der Waals surface area (Å²) in [5.74, 6) is -1.29. The number of carbonyl (C=O) groups excluding carboxylic acids is 3. The van der Waals surface area contributed by atoms with Gasteiger partial charge in [-0.25, -0.2) is 19.0 Å². The number of anilines is 3. The maximum absolute atomic E-state index is 12.9. The minimum atomic E-state index is -0.570. The molecule has 0 aliphatic heterocycles. The molecule has 3 rings (SSSR count). The molecule has 0 radical (unpaired) electrons. The number of esters is 1. The second-order valence-corrected chi connectivity index (χ2v) is 7.50. The Balaban J connectivity index is 1.52. The lowest BCUT2D eigenvalue weighted by molar-refractivity contribution is 0.0499. The third-order valence-electron chi connectivity index (χ3n) is 4.17. The number of benzene rings is 2. The minimum absolute atomic E-state index is 0.120. The fraction of sp³-hybridized carbons (Fsp3) is 0.182. The highest BCUT2D eigenvalue weighted by Gasteiger charge is 2.14. The summed E-state index contributed by atoms with van der Waals surface area (Å²) in [4.78, 5) is 40.4. The van der Waals surface area contributed by atoms with Crippen LogP contribution in [0.4, 0.5) is 25.7 Å². The number of hydrogen-bond donors (Lipinski definition) is 3.